The molecule has 3 nitrogen and oxygen atoms in total. The number of primary amides is 1. The number of hydrogen-bond acceptors (Lipinski definition) is 2. The highest BCUT2D eigenvalue weighted by atomic mass is 16.1. The number of amides is 1. The molecule has 0 aromatic carbocycles. The van der Waals surface area contributed by atoms with Crippen molar-refractivity contribution in [3.8, 4) is 0 Å². The van der Waals surface area contributed by atoms with Crippen LogP contribution >= 0.6 is 0 Å². The Balaban J connectivity index is 3.28. The van der Waals surface area contributed by atoms with Gasteiger partial charge in [0, 0.05) is 19.3 Å². The van der Waals surface area contributed by atoms with Crippen molar-refractivity contribution in [2.24, 2.45) is 5.73 Å². The van der Waals surface area contributed by atoms with Gasteiger partial charge in [-0.15, -0.1) is 0 Å². The van der Waals surface area contributed by atoms with Gasteiger partial charge >= 0.3 is 0 Å². The number of Topliss-reactive ketones (excluding diaryl/α,β-unsaturated/α-hetero) is 1. The van der Waals surface area contributed by atoms with Crippen molar-refractivity contribution in [3.05, 3.63) is 0 Å². The average Bonchev–Trinajstić information content (AvgIpc) is 1.83. The molecule has 0 fully saturated rings. The van der Waals surface area contributed by atoms with E-state index in [4.69, 9.17) is 5.73 Å². The summed E-state index contributed by atoms with van der Waals surface area (Å²) in [5.74, 6) is -0.314. The van der Waals surface area contributed by atoms with Crippen LogP contribution in [0.5, 0.6) is 0 Å². The van der Waals surface area contributed by atoms with Crippen LogP contribution in [0, 0.1) is 0 Å². The van der Waals surface area contributed by atoms with E-state index >= 15 is 0 Å². The second-order valence-electron chi connectivity index (χ2n) is 1.86. The van der Waals surface area contributed by atoms with E-state index in [1.54, 1.807) is 6.92 Å². The Hall–Kier alpha value is -0.860. The molecule has 0 saturated heterocycles. The minimum atomic E-state index is -0.406. The lowest BCUT2D eigenvalue weighted by molar-refractivity contribution is -0.123. The van der Waals surface area contributed by atoms with Gasteiger partial charge in [0.2, 0.25) is 5.91 Å². The highest BCUT2D eigenvalue weighted by Gasteiger charge is 1.99. The lowest BCUT2D eigenvalue weighted by atomic mass is 10.2. The third kappa shape index (κ3) is 5.00. The third-order valence-electron chi connectivity index (χ3n) is 1.04. The second kappa shape index (κ2) is 4.06. The lowest BCUT2D eigenvalue weighted by Crippen LogP contribution is -2.12. The smallest absolute Gasteiger partial charge is 0.217 e. The molecule has 0 aromatic rings. The van der Waals surface area contributed by atoms with Crippen LogP contribution in [0.25, 0.3) is 0 Å². The first-order valence-electron chi connectivity index (χ1n) is 2.96. The van der Waals surface area contributed by atoms with Crippen molar-refractivity contribution in [2.45, 2.75) is 26.2 Å². The van der Waals surface area contributed by atoms with Crippen LogP contribution in [0.4, 0.5) is 0 Å². The second-order valence-corrected chi connectivity index (χ2v) is 1.86. The molecule has 1 amide bonds. The molecule has 0 radical (unpaired) electrons. The number of rotatable bonds is 4. The zero-order valence-corrected chi connectivity index (χ0v) is 5.52. The van der Waals surface area contributed by atoms with Crippen LogP contribution in [-0.2, 0) is 9.59 Å². The highest BCUT2D eigenvalue weighted by Crippen LogP contribution is 1.92. The van der Waals surface area contributed by atoms with E-state index in [9.17, 15) is 9.59 Å². The summed E-state index contributed by atoms with van der Waals surface area (Å²) in [6, 6.07) is 0. The fraction of sp³-hybridized carbons (Fsp3) is 0.667. The fourth-order valence-corrected chi connectivity index (χ4v) is 0.439. The first kappa shape index (κ1) is 8.14. The fourth-order valence-electron chi connectivity index (χ4n) is 0.439. The van der Waals surface area contributed by atoms with Crippen molar-refractivity contribution in [2.75, 3.05) is 0 Å². The number of ketones is 1. The minimum Gasteiger partial charge on any atom is -0.370 e. The van der Waals surface area contributed by atoms with E-state index in [-0.39, 0.29) is 12.2 Å². The maximum absolute atomic E-state index is 10.5. The lowest BCUT2D eigenvalue weighted by Gasteiger charge is -1.91. The van der Waals surface area contributed by atoms with Crippen LogP contribution in [0.15, 0.2) is 0 Å². The van der Waals surface area contributed by atoms with Crippen molar-refractivity contribution in [3.63, 3.8) is 0 Å². The zero-order valence-electron chi connectivity index (χ0n) is 5.52. The van der Waals surface area contributed by atoms with Gasteiger partial charge in [-0.1, -0.05) is 6.92 Å². The van der Waals surface area contributed by atoms with Crippen LogP contribution in [0.1, 0.15) is 26.2 Å². The van der Waals surface area contributed by atoms with Gasteiger partial charge in [0.1, 0.15) is 5.78 Å². The molecule has 0 atom stereocenters. The molecule has 52 valence electrons. The minimum absolute atomic E-state index is 0.0915. The van der Waals surface area contributed by atoms with Crippen LogP contribution in [0.3, 0.4) is 0 Å². The molecular weight excluding hydrogens is 118 g/mol. The maximum Gasteiger partial charge on any atom is 0.217 e. The summed E-state index contributed by atoms with van der Waals surface area (Å²) in [4.78, 5) is 20.6. The standard InChI is InChI=1S/C6H11NO2/c1-2-5(8)3-4-6(7)9/h2-4H2,1H3,(H2,7,9). The quantitative estimate of drug-likeness (QED) is 0.590. The van der Waals surface area contributed by atoms with Crippen molar-refractivity contribution in [1.82, 2.24) is 0 Å². The van der Waals surface area contributed by atoms with Gasteiger partial charge in [-0.05, 0) is 0 Å². The van der Waals surface area contributed by atoms with E-state index in [1.165, 1.54) is 0 Å². The van der Waals surface area contributed by atoms with E-state index in [2.05, 4.69) is 0 Å². The van der Waals surface area contributed by atoms with E-state index in [1.807, 2.05) is 0 Å². The largest absolute Gasteiger partial charge is 0.370 e. The van der Waals surface area contributed by atoms with Gasteiger partial charge in [-0.2, -0.15) is 0 Å². The third-order valence-corrected chi connectivity index (χ3v) is 1.04. The van der Waals surface area contributed by atoms with Gasteiger partial charge in [-0.25, -0.2) is 0 Å². The summed E-state index contributed by atoms with van der Waals surface area (Å²) < 4.78 is 0. The molecule has 0 aliphatic carbocycles. The molecule has 3 heteroatoms. The first-order chi connectivity index (χ1) is 4.16. The number of carbonyl (C=O) groups is 2. The van der Waals surface area contributed by atoms with E-state index in [0.29, 0.717) is 12.8 Å². The predicted molar refractivity (Wildman–Crippen MR) is 33.7 cm³/mol. The number of hydrogen-bond donors (Lipinski definition) is 1. The van der Waals surface area contributed by atoms with E-state index in [0.717, 1.165) is 0 Å². The maximum atomic E-state index is 10.5. The summed E-state index contributed by atoms with van der Waals surface area (Å²) in [7, 11) is 0. The molecule has 0 spiro atoms. The SMILES string of the molecule is CCC(=O)CCC(N)=O. The Bertz CT molecular complexity index is 120. The van der Waals surface area contributed by atoms with Gasteiger partial charge in [0.05, 0.1) is 0 Å². The van der Waals surface area contributed by atoms with Crippen LogP contribution in [0.2, 0.25) is 0 Å². The average molecular weight is 129 g/mol. The molecule has 9 heavy (non-hydrogen) atoms. The molecule has 2 N–H and O–H groups in total. The summed E-state index contributed by atoms with van der Waals surface area (Å²) in [5, 5.41) is 0. The van der Waals surface area contributed by atoms with Crippen molar-refractivity contribution in [1.29, 1.82) is 0 Å². The molecule has 0 saturated carbocycles. The molecule has 0 bridgehead atoms. The van der Waals surface area contributed by atoms with Gasteiger partial charge < -0.3 is 5.73 Å². The predicted octanol–water partition coefficient (Wildman–Crippen LogP) is 0.231. The summed E-state index contributed by atoms with van der Waals surface area (Å²) in [6.45, 7) is 1.77. The van der Waals surface area contributed by atoms with Gasteiger partial charge in [0.25, 0.3) is 0 Å². The molecule has 0 aliphatic rings. The summed E-state index contributed by atoms with van der Waals surface area (Å²) in [5.41, 5.74) is 4.80. The topological polar surface area (TPSA) is 60.2 Å². The van der Waals surface area contributed by atoms with Crippen molar-refractivity contribution >= 4 is 11.7 Å². The van der Waals surface area contributed by atoms with Crippen LogP contribution in [-0.4, -0.2) is 11.7 Å². The summed E-state index contributed by atoms with van der Waals surface area (Å²) >= 11 is 0. The Morgan fingerprint density at radius 3 is 2.22 bits per heavy atom. The Kier molecular flexibility index (Phi) is 3.67. The Morgan fingerprint density at radius 1 is 1.33 bits per heavy atom. The molecule has 0 aliphatic heterocycles. The van der Waals surface area contributed by atoms with Crippen molar-refractivity contribution < 1.29 is 9.59 Å². The highest BCUT2D eigenvalue weighted by molar-refractivity contribution is 5.83. The normalized spacial score (nSPS) is 9.00. The molecule has 0 unspecified atom stereocenters. The molecule has 0 aromatic heterocycles. The summed E-state index contributed by atoms with van der Waals surface area (Å²) in [6.07, 6.45) is 0.978. The molecule has 0 rings (SSSR count). The van der Waals surface area contributed by atoms with E-state index < -0.39 is 5.91 Å². The molecular formula is C6H11NO2. The Labute approximate surface area is 54.2 Å². The van der Waals surface area contributed by atoms with Gasteiger partial charge in [-0.3, -0.25) is 9.59 Å². The molecule has 0 heterocycles. The Morgan fingerprint density at radius 2 is 1.89 bits per heavy atom. The van der Waals surface area contributed by atoms with Crippen LogP contribution < -0.4 is 5.73 Å². The monoisotopic (exact) mass is 129 g/mol. The number of carbonyl (C=O) groups excluding carboxylic acids is 2. The zero-order chi connectivity index (χ0) is 7.28. The number of nitrogens with two attached hydrogens (primary N) is 1. The van der Waals surface area contributed by atoms with Gasteiger partial charge in [0.15, 0.2) is 0 Å². The first-order valence-corrected chi connectivity index (χ1v) is 2.96.